The second-order valence-corrected chi connectivity index (χ2v) is 8.41. The number of hydrogen-bond donors (Lipinski definition) is 1. The molecule has 1 N–H and O–H groups in total. The molecule has 2 fully saturated rings. The summed E-state index contributed by atoms with van der Waals surface area (Å²) in [7, 11) is 0. The van der Waals surface area contributed by atoms with Crippen LogP contribution in [0.4, 0.5) is 0 Å². The van der Waals surface area contributed by atoms with E-state index < -0.39 is 0 Å². The first-order chi connectivity index (χ1) is 13.6. The molecule has 1 saturated heterocycles. The zero-order valence-electron chi connectivity index (χ0n) is 17.8. The maximum Gasteiger partial charge on any atom is 0.258 e. The highest BCUT2D eigenvalue weighted by atomic mass is 16.3. The van der Waals surface area contributed by atoms with Gasteiger partial charge in [0.2, 0.25) is 0 Å². The second kappa shape index (κ2) is 9.60. The lowest BCUT2D eigenvalue weighted by Crippen LogP contribution is -2.35. The molecular formula is C24H36N2O2. The average Bonchev–Trinajstić information content (AvgIpc) is 3.24. The predicted molar refractivity (Wildman–Crippen MR) is 115 cm³/mol. The molecule has 154 valence electrons. The molecular weight excluding hydrogens is 348 g/mol. The summed E-state index contributed by atoms with van der Waals surface area (Å²) in [4.78, 5) is 17.5. The minimum absolute atomic E-state index is 0.0250. The van der Waals surface area contributed by atoms with Crippen molar-refractivity contribution in [3.63, 3.8) is 0 Å². The lowest BCUT2D eigenvalue weighted by molar-refractivity contribution is -0.124. The van der Waals surface area contributed by atoms with Crippen molar-refractivity contribution in [1.29, 1.82) is 0 Å². The second-order valence-electron chi connectivity index (χ2n) is 8.41. The Morgan fingerprint density at radius 1 is 1.18 bits per heavy atom. The lowest BCUT2D eigenvalue weighted by atomic mass is 9.94. The van der Waals surface area contributed by atoms with Gasteiger partial charge in [-0.05, 0) is 76.6 Å². The summed E-state index contributed by atoms with van der Waals surface area (Å²) < 4.78 is 0. The Bertz CT molecular complexity index is 702. The molecule has 0 aromatic rings. The van der Waals surface area contributed by atoms with Gasteiger partial charge in [0, 0.05) is 23.9 Å². The van der Waals surface area contributed by atoms with E-state index in [2.05, 4.69) is 11.8 Å². The van der Waals surface area contributed by atoms with E-state index in [-0.39, 0.29) is 11.7 Å². The summed E-state index contributed by atoms with van der Waals surface area (Å²) in [6.07, 6.45) is 15.0. The fraction of sp³-hybridized carbons (Fsp3) is 0.625. The third-order valence-corrected chi connectivity index (χ3v) is 6.54. The average molecular weight is 385 g/mol. The molecule has 0 aromatic carbocycles. The molecule has 3 aliphatic rings. The number of likely N-dealkylation sites (tertiary alicyclic amines) is 1. The predicted octanol–water partition coefficient (Wildman–Crippen LogP) is 5.46. The fourth-order valence-corrected chi connectivity index (χ4v) is 4.72. The van der Waals surface area contributed by atoms with E-state index in [9.17, 15) is 9.90 Å². The van der Waals surface area contributed by atoms with Crippen LogP contribution in [0.25, 0.3) is 0 Å². The highest BCUT2D eigenvalue weighted by Crippen LogP contribution is 2.35. The summed E-state index contributed by atoms with van der Waals surface area (Å²) in [6.45, 7) is 8.99. The smallest absolute Gasteiger partial charge is 0.258 e. The van der Waals surface area contributed by atoms with Crippen molar-refractivity contribution >= 4 is 5.91 Å². The molecule has 4 heteroatoms. The Hall–Kier alpha value is -1.81. The maximum absolute atomic E-state index is 13.4. The minimum Gasteiger partial charge on any atom is -0.505 e. The van der Waals surface area contributed by atoms with E-state index in [1.165, 1.54) is 32.1 Å². The molecule has 0 spiro atoms. The van der Waals surface area contributed by atoms with Crippen LogP contribution in [0.15, 0.2) is 46.5 Å². The quantitative estimate of drug-likeness (QED) is 0.640. The van der Waals surface area contributed by atoms with Gasteiger partial charge in [0.25, 0.3) is 5.91 Å². The highest BCUT2D eigenvalue weighted by Gasteiger charge is 2.32. The Balaban J connectivity index is 1.86. The topological polar surface area (TPSA) is 43.8 Å². The van der Waals surface area contributed by atoms with E-state index in [1.54, 1.807) is 4.90 Å². The third kappa shape index (κ3) is 4.43. The van der Waals surface area contributed by atoms with Gasteiger partial charge < -0.3 is 5.11 Å². The van der Waals surface area contributed by atoms with Gasteiger partial charge in [-0.1, -0.05) is 32.3 Å². The maximum atomic E-state index is 13.4. The van der Waals surface area contributed by atoms with Crippen LogP contribution in [-0.4, -0.2) is 40.4 Å². The Labute approximate surface area is 170 Å². The van der Waals surface area contributed by atoms with Crippen molar-refractivity contribution in [2.75, 3.05) is 19.6 Å². The number of aliphatic hydroxyl groups excluding tert-OH is 1. The Morgan fingerprint density at radius 3 is 2.46 bits per heavy atom. The zero-order chi connectivity index (χ0) is 20.1. The molecule has 3 rings (SSSR count). The number of aliphatic hydroxyl groups is 1. The SMILES string of the molecule is C/C=C(\C(=O)N1C=CC(CN2CCCCC2)=C(O)/C1=C(\C)CC)C1CCCC1. The summed E-state index contributed by atoms with van der Waals surface area (Å²) in [5.41, 5.74) is 3.57. The number of hydrogen-bond acceptors (Lipinski definition) is 3. The fourth-order valence-electron chi connectivity index (χ4n) is 4.72. The molecule has 0 radical (unpaired) electrons. The first-order valence-electron chi connectivity index (χ1n) is 11.1. The molecule has 0 aromatic heterocycles. The zero-order valence-corrected chi connectivity index (χ0v) is 17.8. The number of piperidine rings is 1. The van der Waals surface area contributed by atoms with Crippen molar-refractivity contribution in [3.05, 3.63) is 46.5 Å². The molecule has 1 aliphatic carbocycles. The van der Waals surface area contributed by atoms with E-state index in [0.717, 1.165) is 55.6 Å². The number of rotatable bonds is 5. The third-order valence-electron chi connectivity index (χ3n) is 6.54. The molecule has 2 aliphatic heterocycles. The summed E-state index contributed by atoms with van der Waals surface area (Å²) in [6, 6.07) is 0. The first kappa shape index (κ1) is 20.9. The van der Waals surface area contributed by atoms with Crippen LogP contribution in [0.5, 0.6) is 0 Å². The number of amides is 1. The van der Waals surface area contributed by atoms with Crippen LogP contribution in [-0.2, 0) is 4.79 Å². The van der Waals surface area contributed by atoms with Crippen LogP contribution < -0.4 is 0 Å². The summed E-state index contributed by atoms with van der Waals surface area (Å²) in [5.74, 6) is 0.662. The van der Waals surface area contributed by atoms with Crippen molar-refractivity contribution in [1.82, 2.24) is 9.80 Å². The van der Waals surface area contributed by atoms with Gasteiger partial charge in [0.1, 0.15) is 5.76 Å². The molecule has 0 atom stereocenters. The van der Waals surface area contributed by atoms with Crippen LogP contribution in [0.2, 0.25) is 0 Å². The molecule has 0 bridgehead atoms. The first-order valence-corrected chi connectivity index (χ1v) is 11.1. The molecule has 1 amide bonds. The van der Waals surface area contributed by atoms with E-state index >= 15 is 0 Å². The summed E-state index contributed by atoms with van der Waals surface area (Å²) >= 11 is 0. The van der Waals surface area contributed by atoms with Crippen LogP contribution >= 0.6 is 0 Å². The van der Waals surface area contributed by atoms with Gasteiger partial charge in [-0.2, -0.15) is 0 Å². The Kier molecular flexibility index (Phi) is 7.17. The van der Waals surface area contributed by atoms with Crippen molar-refractivity contribution in [2.45, 2.75) is 72.1 Å². The van der Waals surface area contributed by atoms with E-state index in [4.69, 9.17) is 0 Å². The van der Waals surface area contributed by atoms with Gasteiger partial charge >= 0.3 is 0 Å². The van der Waals surface area contributed by atoms with Crippen molar-refractivity contribution in [3.8, 4) is 0 Å². The van der Waals surface area contributed by atoms with Gasteiger partial charge in [0.15, 0.2) is 0 Å². The standard InChI is InChI=1S/C24H36N2O2/c1-4-18(3)22-23(27)20(17-25-14-9-6-10-15-25)13-16-26(22)24(28)21(5-2)19-11-7-8-12-19/h5,13,16,19,27H,4,6-12,14-15,17H2,1-3H3/b21-5-,22-18-. The minimum atomic E-state index is 0.0250. The molecule has 4 nitrogen and oxygen atoms in total. The number of carbonyl (C=O) groups is 1. The number of nitrogens with zero attached hydrogens (tertiary/aromatic N) is 2. The number of carbonyl (C=O) groups excluding carboxylic acids is 1. The Morgan fingerprint density at radius 2 is 1.86 bits per heavy atom. The van der Waals surface area contributed by atoms with Crippen molar-refractivity contribution in [2.24, 2.45) is 5.92 Å². The molecule has 0 unspecified atom stereocenters. The van der Waals surface area contributed by atoms with Gasteiger partial charge in [-0.15, -0.1) is 0 Å². The summed E-state index contributed by atoms with van der Waals surface area (Å²) in [5, 5.41) is 11.1. The van der Waals surface area contributed by atoms with E-state index in [1.807, 2.05) is 32.2 Å². The van der Waals surface area contributed by atoms with Crippen molar-refractivity contribution < 1.29 is 9.90 Å². The number of allylic oxidation sites excluding steroid dienone is 2. The normalized spacial score (nSPS) is 24.2. The highest BCUT2D eigenvalue weighted by molar-refractivity contribution is 5.96. The van der Waals surface area contributed by atoms with E-state index in [0.29, 0.717) is 11.6 Å². The van der Waals surface area contributed by atoms with Gasteiger partial charge in [-0.3, -0.25) is 14.6 Å². The molecule has 1 saturated carbocycles. The van der Waals surface area contributed by atoms with Crippen LogP contribution in [0.3, 0.4) is 0 Å². The van der Waals surface area contributed by atoms with Gasteiger partial charge in [-0.25, -0.2) is 0 Å². The van der Waals surface area contributed by atoms with Crippen LogP contribution in [0.1, 0.15) is 72.1 Å². The largest absolute Gasteiger partial charge is 0.505 e. The van der Waals surface area contributed by atoms with Gasteiger partial charge in [0.05, 0.1) is 5.70 Å². The monoisotopic (exact) mass is 384 g/mol. The van der Waals surface area contributed by atoms with Crippen LogP contribution in [0, 0.1) is 5.92 Å². The molecule has 2 heterocycles. The molecule has 28 heavy (non-hydrogen) atoms. The lowest BCUT2D eigenvalue weighted by Gasteiger charge is -2.32.